The van der Waals surface area contributed by atoms with Crippen molar-refractivity contribution in [2.24, 2.45) is 0 Å². The Morgan fingerprint density at radius 3 is 2.38 bits per heavy atom. The molecule has 0 spiro atoms. The van der Waals surface area contributed by atoms with Gasteiger partial charge >= 0.3 is 0 Å². The summed E-state index contributed by atoms with van der Waals surface area (Å²) < 4.78 is 0. The zero-order chi connectivity index (χ0) is 18.9. The highest BCUT2D eigenvalue weighted by atomic mass is 16.2. The normalized spacial score (nSPS) is 10.3. The summed E-state index contributed by atoms with van der Waals surface area (Å²) in [7, 11) is 0. The summed E-state index contributed by atoms with van der Waals surface area (Å²) in [4.78, 5) is 26.6. The zero-order valence-electron chi connectivity index (χ0n) is 15.2. The van der Waals surface area contributed by atoms with Gasteiger partial charge in [-0.2, -0.15) is 0 Å². The molecule has 0 saturated carbocycles. The van der Waals surface area contributed by atoms with Crippen molar-refractivity contribution in [2.75, 3.05) is 23.3 Å². The van der Waals surface area contributed by atoms with Crippen LogP contribution in [0.15, 0.2) is 67.3 Å². The molecule has 5 nitrogen and oxygen atoms in total. The van der Waals surface area contributed by atoms with Gasteiger partial charge in [0.1, 0.15) is 0 Å². The highest BCUT2D eigenvalue weighted by Gasteiger charge is 2.16. The maximum Gasteiger partial charge on any atom is 0.253 e. The number of anilines is 2. The molecule has 0 heterocycles. The van der Waals surface area contributed by atoms with Gasteiger partial charge < -0.3 is 15.5 Å². The third-order valence-electron chi connectivity index (χ3n) is 3.70. The van der Waals surface area contributed by atoms with E-state index in [1.165, 1.54) is 0 Å². The van der Waals surface area contributed by atoms with Gasteiger partial charge in [-0.3, -0.25) is 9.59 Å². The molecule has 0 atom stereocenters. The molecular weight excluding hydrogens is 326 g/mol. The largest absolute Gasteiger partial charge is 0.375 e. The van der Waals surface area contributed by atoms with Crippen LogP contribution in [0.25, 0.3) is 0 Å². The second kappa shape index (κ2) is 9.42. The first-order valence-corrected chi connectivity index (χ1v) is 8.63. The van der Waals surface area contributed by atoms with Gasteiger partial charge in [-0.15, -0.1) is 6.58 Å². The Morgan fingerprint density at radius 1 is 1.08 bits per heavy atom. The number of rotatable bonds is 8. The van der Waals surface area contributed by atoms with E-state index in [1.807, 2.05) is 50.2 Å². The number of para-hydroxylation sites is 2. The quantitative estimate of drug-likeness (QED) is 0.716. The van der Waals surface area contributed by atoms with Crippen molar-refractivity contribution in [3.63, 3.8) is 0 Å². The molecule has 0 aromatic heterocycles. The summed E-state index contributed by atoms with van der Waals surface area (Å²) in [5, 5.41) is 5.96. The van der Waals surface area contributed by atoms with Gasteiger partial charge in [0.05, 0.1) is 12.1 Å². The van der Waals surface area contributed by atoms with Crippen LogP contribution in [-0.4, -0.2) is 30.9 Å². The number of hydrogen-bond acceptors (Lipinski definition) is 3. The third kappa shape index (κ3) is 5.21. The molecule has 0 aliphatic rings. The van der Waals surface area contributed by atoms with Crippen molar-refractivity contribution in [2.45, 2.75) is 19.9 Å². The average Bonchev–Trinajstić information content (AvgIpc) is 2.64. The highest BCUT2D eigenvalue weighted by Crippen LogP contribution is 2.17. The molecule has 26 heavy (non-hydrogen) atoms. The van der Waals surface area contributed by atoms with E-state index in [0.717, 1.165) is 5.69 Å². The van der Waals surface area contributed by atoms with Crippen molar-refractivity contribution < 1.29 is 9.59 Å². The minimum Gasteiger partial charge on any atom is -0.375 e. The lowest BCUT2D eigenvalue weighted by Gasteiger charge is -2.22. The fraction of sp³-hybridized carbons (Fsp3) is 0.238. The molecule has 2 aromatic rings. The number of carbonyl (C=O) groups is 2. The van der Waals surface area contributed by atoms with Crippen molar-refractivity contribution >= 4 is 23.2 Å². The van der Waals surface area contributed by atoms with Gasteiger partial charge in [0.2, 0.25) is 5.91 Å². The molecule has 0 unspecified atom stereocenters. The Hall–Kier alpha value is -3.08. The van der Waals surface area contributed by atoms with E-state index in [-0.39, 0.29) is 24.4 Å². The van der Waals surface area contributed by atoms with Crippen molar-refractivity contribution in [3.8, 4) is 0 Å². The van der Waals surface area contributed by atoms with E-state index in [0.29, 0.717) is 17.8 Å². The van der Waals surface area contributed by atoms with Crippen molar-refractivity contribution in [1.29, 1.82) is 0 Å². The molecule has 2 amide bonds. The summed E-state index contributed by atoms with van der Waals surface area (Å²) in [6.45, 7) is 8.03. The van der Waals surface area contributed by atoms with Crippen LogP contribution in [0, 0.1) is 0 Å². The van der Waals surface area contributed by atoms with E-state index < -0.39 is 0 Å². The lowest BCUT2D eigenvalue weighted by molar-refractivity contribution is -0.116. The molecule has 2 aromatic carbocycles. The molecule has 5 heteroatoms. The maximum atomic E-state index is 12.7. The van der Waals surface area contributed by atoms with E-state index in [1.54, 1.807) is 29.2 Å². The van der Waals surface area contributed by atoms with Crippen LogP contribution < -0.4 is 15.5 Å². The molecular formula is C21H25N3O2. The van der Waals surface area contributed by atoms with Gasteiger partial charge in [-0.1, -0.05) is 36.4 Å². The predicted octanol–water partition coefficient (Wildman–Crippen LogP) is 3.46. The molecule has 2 rings (SSSR count). The molecule has 2 N–H and O–H groups in total. The fourth-order valence-electron chi connectivity index (χ4n) is 2.53. The number of nitrogens with one attached hydrogen (secondary N) is 2. The molecule has 0 aliphatic carbocycles. The number of amides is 2. The minimum absolute atomic E-state index is 0.0401. The molecule has 0 saturated heterocycles. The standard InChI is InChI=1S/C21H25N3O2/c1-4-14-24(17-10-6-5-7-11-17)20(25)15-22-19-13-9-8-12-18(19)21(26)23-16(2)3/h4-13,16,22H,1,14-15H2,2-3H3,(H,23,26). The topological polar surface area (TPSA) is 61.4 Å². The summed E-state index contributed by atoms with van der Waals surface area (Å²) in [6, 6.07) is 16.6. The molecule has 0 radical (unpaired) electrons. The van der Waals surface area contributed by atoms with Crippen LogP contribution in [0.4, 0.5) is 11.4 Å². The predicted molar refractivity (Wildman–Crippen MR) is 107 cm³/mol. The van der Waals surface area contributed by atoms with Crippen LogP contribution in [-0.2, 0) is 4.79 Å². The number of nitrogens with zero attached hydrogens (tertiary/aromatic N) is 1. The van der Waals surface area contributed by atoms with Crippen LogP contribution in [0.5, 0.6) is 0 Å². The number of hydrogen-bond donors (Lipinski definition) is 2. The lowest BCUT2D eigenvalue weighted by atomic mass is 10.1. The molecule has 0 bridgehead atoms. The SMILES string of the molecule is C=CCN(C(=O)CNc1ccccc1C(=O)NC(C)C)c1ccccc1. The van der Waals surface area contributed by atoms with Gasteiger partial charge in [0.15, 0.2) is 0 Å². The Balaban J connectivity index is 2.11. The summed E-state index contributed by atoms with van der Waals surface area (Å²) >= 11 is 0. The first-order chi connectivity index (χ1) is 12.5. The minimum atomic E-state index is -0.165. The second-order valence-electron chi connectivity index (χ2n) is 6.16. The summed E-state index contributed by atoms with van der Waals surface area (Å²) in [6.07, 6.45) is 1.69. The molecule has 0 aliphatic heterocycles. The van der Waals surface area contributed by atoms with E-state index in [9.17, 15) is 9.59 Å². The highest BCUT2D eigenvalue weighted by molar-refractivity contribution is 6.01. The van der Waals surface area contributed by atoms with E-state index in [4.69, 9.17) is 0 Å². The number of carbonyl (C=O) groups excluding carboxylic acids is 2. The fourth-order valence-corrected chi connectivity index (χ4v) is 2.53. The smallest absolute Gasteiger partial charge is 0.253 e. The average molecular weight is 351 g/mol. The van der Waals surface area contributed by atoms with Crippen LogP contribution in [0.3, 0.4) is 0 Å². The third-order valence-corrected chi connectivity index (χ3v) is 3.70. The van der Waals surface area contributed by atoms with Crippen molar-refractivity contribution in [1.82, 2.24) is 5.32 Å². The van der Waals surface area contributed by atoms with Crippen LogP contribution in [0.1, 0.15) is 24.2 Å². The van der Waals surface area contributed by atoms with Crippen LogP contribution in [0.2, 0.25) is 0 Å². The Labute approximate surface area is 154 Å². The van der Waals surface area contributed by atoms with Gasteiger partial charge in [0.25, 0.3) is 5.91 Å². The molecule has 136 valence electrons. The Bertz CT molecular complexity index is 757. The van der Waals surface area contributed by atoms with E-state index in [2.05, 4.69) is 17.2 Å². The second-order valence-corrected chi connectivity index (χ2v) is 6.16. The first-order valence-electron chi connectivity index (χ1n) is 8.63. The van der Waals surface area contributed by atoms with Crippen molar-refractivity contribution in [3.05, 3.63) is 72.8 Å². The van der Waals surface area contributed by atoms with Crippen LogP contribution >= 0.6 is 0 Å². The number of benzene rings is 2. The Kier molecular flexibility index (Phi) is 6.97. The Morgan fingerprint density at radius 2 is 1.73 bits per heavy atom. The summed E-state index contributed by atoms with van der Waals surface area (Å²) in [5.41, 5.74) is 1.96. The monoisotopic (exact) mass is 351 g/mol. The molecule has 0 fully saturated rings. The first kappa shape index (κ1) is 19.2. The van der Waals surface area contributed by atoms with Gasteiger partial charge in [0, 0.05) is 24.0 Å². The van der Waals surface area contributed by atoms with Gasteiger partial charge in [-0.05, 0) is 38.1 Å². The maximum absolute atomic E-state index is 12.7. The lowest BCUT2D eigenvalue weighted by Crippen LogP contribution is -2.36. The van der Waals surface area contributed by atoms with Gasteiger partial charge in [-0.25, -0.2) is 0 Å². The summed E-state index contributed by atoms with van der Waals surface area (Å²) in [5.74, 6) is -0.267. The van der Waals surface area contributed by atoms with E-state index >= 15 is 0 Å². The zero-order valence-corrected chi connectivity index (χ0v) is 15.2.